The van der Waals surface area contributed by atoms with Crippen molar-refractivity contribution in [3.63, 3.8) is 0 Å². The molecule has 1 aromatic carbocycles. The lowest BCUT2D eigenvalue weighted by Crippen LogP contribution is -2.36. The second kappa shape index (κ2) is 6.95. The summed E-state index contributed by atoms with van der Waals surface area (Å²) in [5.41, 5.74) is 0.744. The maximum Gasteiger partial charge on any atom is 0.307 e. The summed E-state index contributed by atoms with van der Waals surface area (Å²) in [6.45, 7) is 3.47. The van der Waals surface area contributed by atoms with Crippen molar-refractivity contribution in [1.82, 2.24) is 4.98 Å². The number of carbonyl (C=O) groups is 2. The lowest BCUT2D eigenvalue weighted by atomic mass is 9.90. The van der Waals surface area contributed by atoms with Crippen LogP contribution in [0.2, 0.25) is 0 Å². The fourth-order valence-corrected chi connectivity index (χ4v) is 3.60. The summed E-state index contributed by atoms with van der Waals surface area (Å²) in [5, 5.41) is 5.09. The van der Waals surface area contributed by atoms with Crippen molar-refractivity contribution < 1.29 is 23.8 Å². The first-order valence-corrected chi connectivity index (χ1v) is 8.92. The van der Waals surface area contributed by atoms with Crippen LogP contribution in [0.5, 0.6) is 11.5 Å². The van der Waals surface area contributed by atoms with E-state index in [2.05, 4.69) is 10.3 Å². The van der Waals surface area contributed by atoms with E-state index in [9.17, 15) is 9.59 Å². The normalized spacial score (nSPS) is 18.3. The Kier molecular flexibility index (Phi) is 4.86. The van der Waals surface area contributed by atoms with Crippen molar-refractivity contribution in [1.29, 1.82) is 0 Å². The number of rotatable bonds is 5. The molecule has 138 valence electrons. The number of cyclic esters (lactones) is 1. The van der Waals surface area contributed by atoms with Crippen LogP contribution in [-0.2, 0) is 14.3 Å². The highest BCUT2D eigenvalue weighted by atomic mass is 32.1. The van der Waals surface area contributed by atoms with Gasteiger partial charge in [0.2, 0.25) is 5.91 Å². The molecule has 0 bridgehead atoms. The zero-order valence-corrected chi connectivity index (χ0v) is 15.8. The summed E-state index contributed by atoms with van der Waals surface area (Å²) in [7, 11) is 3.15. The first-order valence-electron chi connectivity index (χ1n) is 8.04. The zero-order valence-electron chi connectivity index (χ0n) is 15.0. The SMILES string of the molecule is COc1ccc(-c2csc(NC(=O)[C@@H]3CC(=O)OC3(C)C)n2)cc1OC. The molecule has 2 aromatic rings. The van der Waals surface area contributed by atoms with Gasteiger partial charge in [-0.3, -0.25) is 9.59 Å². The summed E-state index contributed by atoms with van der Waals surface area (Å²) in [5.74, 6) is 0.0675. The van der Waals surface area contributed by atoms with Crippen LogP contribution in [0.15, 0.2) is 23.6 Å². The van der Waals surface area contributed by atoms with Crippen LogP contribution in [0.4, 0.5) is 5.13 Å². The Labute approximate surface area is 155 Å². The third-order valence-electron chi connectivity index (χ3n) is 4.32. The van der Waals surface area contributed by atoms with E-state index in [1.807, 2.05) is 17.5 Å². The van der Waals surface area contributed by atoms with Gasteiger partial charge in [0.1, 0.15) is 5.60 Å². The molecule has 2 heterocycles. The van der Waals surface area contributed by atoms with Gasteiger partial charge in [0, 0.05) is 10.9 Å². The van der Waals surface area contributed by atoms with Gasteiger partial charge in [0.15, 0.2) is 16.6 Å². The van der Waals surface area contributed by atoms with E-state index < -0.39 is 11.5 Å². The number of methoxy groups -OCH3 is 2. The van der Waals surface area contributed by atoms with Gasteiger partial charge in [-0.15, -0.1) is 11.3 Å². The number of esters is 1. The van der Waals surface area contributed by atoms with Crippen LogP contribution in [-0.4, -0.2) is 36.7 Å². The minimum Gasteiger partial charge on any atom is -0.493 e. The molecule has 1 atom stereocenters. The molecule has 1 aliphatic rings. The Morgan fingerprint density at radius 3 is 2.65 bits per heavy atom. The van der Waals surface area contributed by atoms with Crippen molar-refractivity contribution in [2.75, 3.05) is 19.5 Å². The monoisotopic (exact) mass is 376 g/mol. The van der Waals surface area contributed by atoms with Crippen LogP contribution >= 0.6 is 11.3 Å². The molecule has 0 spiro atoms. The molecular weight excluding hydrogens is 356 g/mol. The third kappa shape index (κ3) is 3.50. The Morgan fingerprint density at radius 1 is 1.31 bits per heavy atom. The largest absolute Gasteiger partial charge is 0.493 e. The van der Waals surface area contributed by atoms with Gasteiger partial charge in [-0.1, -0.05) is 0 Å². The number of ether oxygens (including phenoxy) is 3. The highest BCUT2D eigenvalue weighted by molar-refractivity contribution is 7.14. The maximum atomic E-state index is 12.5. The first-order chi connectivity index (χ1) is 12.3. The maximum absolute atomic E-state index is 12.5. The molecule has 8 heteroatoms. The minimum atomic E-state index is -0.815. The highest BCUT2D eigenvalue weighted by Gasteiger charge is 2.46. The molecule has 1 fully saturated rings. The van der Waals surface area contributed by atoms with Crippen LogP contribution in [0.3, 0.4) is 0 Å². The molecule has 0 aliphatic carbocycles. The van der Waals surface area contributed by atoms with E-state index in [1.54, 1.807) is 34.1 Å². The third-order valence-corrected chi connectivity index (χ3v) is 5.07. The second-order valence-corrected chi connectivity index (χ2v) is 7.29. The first kappa shape index (κ1) is 18.2. The number of amides is 1. The Bertz CT molecular complexity index is 846. The average Bonchev–Trinajstić information content (AvgIpc) is 3.17. The van der Waals surface area contributed by atoms with Gasteiger partial charge in [-0.05, 0) is 32.0 Å². The van der Waals surface area contributed by atoms with Crippen molar-refractivity contribution in [2.45, 2.75) is 25.9 Å². The molecule has 1 aromatic heterocycles. The van der Waals surface area contributed by atoms with Crippen molar-refractivity contribution >= 4 is 28.3 Å². The Balaban J connectivity index is 1.76. The number of nitrogens with zero attached hydrogens (tertiary/aromatic N) is 1. The van der Waals surface area contributed by atoms with Gasteiger partial charge in [-0.2, -0.15) is 0 Å². The second-order valence-electron chi connectivity index (χ2n) is 6.43. The van der Waals surface area contributed by atoms with E-state index in [-0.39, 0.29) is 18.3 Å². The standard InChI is InChI=1S/C18H20N2O5S/c1-18(2)11(8-15(21)25-18)16(22)20-17-19-12(9-26-17)10-5-6-13(23-3)14(7-10)24-4/h5-7,9,11H,8H2,1-4H3,(H,19,20,22)/t11-/m0/s1. The molecule has 1 aliphatic heterocycles. The zero-order chi connectivity index (χ0) is 18.9. The Morgan fingerprint density at radius 2 is 2.04 bits per heavy atom. The van der Waals surface area contributed by atoms with E-state index in [4.69, 9.17) is 14.2 Å². The molecule has 0 radical (unpaired) electrons. The van der Waals surface area contributed by atoms with Gasteiger partial charge < -0.3 is 19.5 Å². The number of benzene rings is 1. The molecule has 0 unspecified atom stereocenters. The summed E-state index contributed by atoms with van der Waals surface area (Å²) in [6, 6.07) is 5.50. The van der Waals surface area contributed by atoms with Crippen LogP contribution in [0.1, 0.15) is 20.3 Å². The van der Waals surface area contributed by atoms with Gasteiger partial charge in [0.25, 0.3) is 0 Å². The van der Waals surface area contributed by atoms with Crippen LogP contribution in [0.25, 0.3) is 11.3 Å². The molecule has 0 saturated carbocycles. The van der Waals surface area contributed by atoms with Crippen molar-refractivity contribution in [3.05, 3.63) is 23.6 Å². The molecule has 26 heavy (non-hydrogen) atoms. The van der Waals surface area contributed by atoms with E-state index >= 15 is 0 Å². The van der Waals surface area contributed by atoms with Gasteiger partial charge >= 0.3 is 5.97 Å². The summed E-state index contributed by atoms with van der Waals surface area (Å²) in [6.07, 6.45) is 0.0761. The number of carbonyl (C=O) groups excluding carboxylic acids is 2. The lowest BCUT2D eigenvalue weighted by Gasteiger charge is -2.23. The fraction of sp³-hybridized carbons (Fsp3) is 0.389. The smallest absolute Gasteiger partial charge is 0.307 e. The summed E-state index contributed by atoms with van der Waals surface area (Å²) >= 11 is 1.31. The topological polar surface area (TPSA) is 86.8 Å². The summed E-state index contributed by atoms with van der Waals surface area (Å²) < 4.78 is 15.7. The van der Waals surface area contributed by atoms with E-state index in [0.29, 0.717) is 22.3 Å². The predicted molar refractivity (Wildman–Crippen MR) is 97.6 cm³/mol. The summed E-state index contributed by atoms with van der Waals surface area (Å²) in [4.78, 5) is 28.4. The number of nitrogens with one attached hydrogen (secondary N) is 1. The van der Waals surface area contributed by atoms with Crippen LogP contribution < -0.4 is 14.8 Å². The average molecular weight is 376 g/mol. The van der Waals surface area contributed by atoms with Gasteiger partial charge in [-0.25, -0.2) is 4.98 Å². The minimum absolute atomic E-state index is 0.0761. The molecule has 1 amide bonds. The lowest BCUT2D eigenvalue weighted by molar-refractivity contribution is -0.147. The molecule has 3 rings (SSSR count). The number of hydrogen-bond acceptors (Lipinski definition) is 7. The highest BCUT2D eigenvalue weighted by Crippen LogP contribution is 2.35. The van der Waals surface area contributed by atoms with E-state index in [1.165, 1.54) is 11.3 Å². The molecule has 7 nitrogen and oxygen atoms in total. The van der Waals surface area contributed by atoms with Crippen LogP contribution in [0, 0.1) is 5.92 Å². The number of anilines is 1. The predicted octanol–water partition coefficient (Wildman–Crippen LogP) is 3.11. The van der Waals surface area contributed by atoms with Crippen molar-refractivity contribution in [3.8, 4) is 22.8 Å². The number of thiazole rings is 1. The quantitative estimate of drug-likeness (QED) is 0.807. The number of hydrogen-bond donors (Lipinski definition) is 1. The number of aromatic nitrogens is 1. The van der Waals surface area contributed by atoms with E-state index in [0.717, 1.165) is 5.56 Å². The van der Waals surface area contributed by atoms with Gasteiger partial charge in [0.05, 0.1) is 32.3 Å². The fourth-order valence-electron chi connectivity index (χ4n) is 2.88. The molecule has 1 saturated heterocycles. The molecular formula is C18H20N2O5S. The molecule has 1 N–H and O–H groups in total. The Hall–Kier alpha value is -2.61. The van der Waals surface area contributed by atoms with Crippen molar-refractivity contribution in [2.24, 2.45) is 5.92 Å².